The summed E-state index contributed by atoms with van der Waals surface area (Å²) in [5, 5.41) is 4.46. The lowest BCUT2D eigenvalue weighted by Crippen LogP contribution is -2.17. The largest absolute Gasteiger partial charge is 0.387 e. The number of hydrogen-bond donors (Lipinski definition) is 0. The van der Waals surface area contributed by atoms with Crippen molar-refractivity contribution in [2.45, 2.75) is 33.3 Å². The maximum absolute atomic E-state index is 5.80. The second kappa shape index (κ2) is 4.45. The van der Waals surface area contributed by atoms with Crippen LogP contribution in [0.15, 0.2) is 41.6 Å². The fourth-order valence-electron chi connectivity index (χ4n) is 3.93. The molecule has 0 fully saturated rings. The molecule has 2 aliphatic rings. The Hall–Kier alpha value is -2.09. The molecule has 0 saturated heterocycles. The molecular weight excluding hydrogens is 258 g/mol. The summed E-state index contributed by atoms with van der Waals surface area (Å²) in [7, 11) is 0. The van der Waals surface area contributed by atoms with Crippen molar-refractivity contribution >= 4 is 5.71 Å². The van der Waals surface area contributed by atoms with Gasteiger partial charge in [0.2, 0.25) is 0 Å². The molecule has 0 aromatic heterocycles. The van der Waals surface area contributed by atoms with E-state index < -0.39 is 0 Å². The Morgan fingerprint density at radius 3 is 2.52 bits per heavy atom. The van der Waals surface area contributed by atoms with Crippen molar-refractivity contribution in [2.75, 3.05) is 0 Å². The third-order valence-electron chi connectivity index (χ3n) is 4.72. The van der Waals surface area contributed by atoms with Gasteiger partial charge >= 0.3 is 0 Å². The molecule has 2 aromatic carbocycles. The number of hydrogen-bond acceptors (Lipinski definition) is 2. The molecule has 106 valence electrons. The summed E-state index contributed by atoms with van der Waals surface area (Å²) in [5.41, 5.74) is 9.02. The van der Waals surface area contributed by atoms with Crippen LogP contribution in [0.3, 0.4) is 0 Å². The standard InChI is InChI=1S/C19H19NO/c1-11-8-12(2)17(13(3)9-11)18-16-10-14-6-4-5-7-15(14)19(16)21-20-18/h4-9,16,19H,10H2,1-3H3. The Morgan fingerprint density at radius 1 is 1.05 bits per heavy atom. The summed E-state index contributed by atoms with van der Waals surface area (Å²) in [5.74, 6) is 0.363. The second-order valence-electron chi connectivity index (χ2n) is 6.29. The van der Waals surface area contributed by atoms with Crippen LogP contribution >= 0.6 is 0 Å². The summed E-state index contributed by atoms with van der Waals surface area (Å²) >= 11 is 0. The van der Waals surface area contributed by atoms with Crippen LogP contribution in [0.25, 0.3) is 0 Å². The third kappa shape index (κ3) is 1.82. The molecule has 0 saturated carbocycles. The molecule has 2 aromatic rings. The zero-order valence-electron chi connectivity index (χ0n) is 12.7. The first-order chi connectivity index (χ1) is 10.1. The van der Waals surface area contributed by atoms with E-state index in [1.165, 1.54) is 33.4 Å². The van der Waals surface area contributed by atoms with Gasteiger partial charge in [0.15, 0.2) is 6.10 Å². The predicted octanol–water partition coefficient (Wildman–Crippen LogP) is 4.26. The van der Waals surface area contributed by atoms with Gasteiger partial charge in [-0.15, -0.1) is 0 Å². The Labute approximate surface area is 125 Å². The highest BCUT2D eigenvalue weighted by molar-refractivity contribution is 6.06. The second-order valence-corrected chi connectivity index (χ2v) is 6.29. The van der Waals surface area contributed by atoms with Crippen LogP contribution in [-0.2, 0) is 11.3 Å². The molecule has 1 aliphatic heterocycles. The molecule has 0 radical (unpaired) electrons. The van der Waals surface area contributed by atoms with E-state index in [1.54, 1.807) is 0 Å². The van der Waals surface area contributed by atoms with Gasteiger partial charge in [-0.05, 0) is 49.4 Å². The first-order valence-electron chi connectivity index (χ1n) is 7.55. The van der Waals surface area contributed by atoms with Crippen molar-refractivity contribution in [3.63, 3.8) is 0 Å². The smallest absolute Gasteiger partial charge is 0.161 e. The number of fused-ring (bicyclic) bond motifs is 3. The summed E-state index contributed by atoms with van der Waals surface area (Å²) in [4.78, 5) is 5.80. The zero-order valence-corrected chi connectivity index (χ0v) is 12.7. The molecule has 0 spiro atoms. The maximum Gasteiger partial charge on any atom is 0.161 e. The summed E-state index contributed by atoms with van der Waals surface area (Å²) in [6.07, 6.45) is 1.14. The van der Waals surface area contributed by atoms with Crippen molar-refractivity contribution in [2.24, 2.45) is 11.1 Å². The van der Waals surface area contributed by atoms with Crippen molar-refractivity contribution in [3.05, 3.63) is 69.8 Å². The molecule has 0 amide bonds. The van der Waals surface area contributed by atoms with Gasteiger partial charge in [0.1, 0.15) is 0 Å². The molecular formula is C19H19NO. The van der Waals surface area contributed by atoms with Crippen LogP contribution in [0.5, 0.6) is 0 Å². The summed E-state index contributed by atoms with van der Waals surface area (Å²) in [6, 6.07) is 13.1. The van der Waals surface area contributed by atoms with E-state index in [4.69, 9.17) is 4.84 Å². The van der Waals surface area contributed by atoms with E-state index in [2.05, 4.69) is 62.3 Å². The highest BCUT2D eigenvalue weighted by atomic mass is 16.6. The van der Waals surface area contributed by atoms with Crippen LogP contribution in [0.4, 0.5) is 0 Å². The number of rotatable bonds is 1. The number of oxime groups is 1. The lowest BCUT2D eigenvalue weighted by atomic mass is 9.87. The molecule has 0 bridgehead atoms. The third-order valence-corrected chi connectivity index (χ3v) is 4.72. The Kier molecular flexibility index (Phi) is 2.68. The van der Waals surface area contributed by atoms with Gasteiger partial charge in [-0.3, -0.25) is 0 Å². The summed E-state index contributed by atoms with van der Waals surface area (Å²) < 4.78 is 0. The normalized spacial score (nSPS) is 22.5. The van der Waals surface area contributed by atoms with Crippen molar-refractivity contribution in [3.8, 4) is 0 Å². The minimum atomic E-state index is 0.108. The van der Waals surface area contributed by atoms with Gasteiger partial charge in [0.05, 0.1) is 11.6 Å². The molecule has 2 heteroatoms. The molecule has 1 heterocycles. The maximum atomic E-state index is 5.80. The first kappa shape index (κ1) is 12.6. The first-order valence-corrected chi connectivity index (χ1v) is 7.55. The Morgan fingerprint density at radius 2 is 1.76 bits per heavy atom. The lowest BCUT2D eigenvalue weighted by Gasteiger charge is -2.14. The van der Waals surface area contributed by atoms with Crippen LogP contribution in [-0.4, -0.2) is 5.71 Å². The van der Waals surface area contributed by atoms with Gasteiger partial charge < -0.3 is 4.84 Å². The fraction of sp³-hybridized carbons (Fsp3) is 0.316. The molecule has 2 unspecified atom stereocenters. The van der Waals surface area contributed by atoms with E-state index >= 15 is 0 Å². The number of aryl methyl sites for hydroxylation is 3. The SMILES string of the molecule is Cc1cc(C)c(C2=NOC3c4ccccc4CC23)c(C)c1. The van der Waals surface area contributed by atoms with Gasteiger partial charge in [-0.25, -0.2) is 0 Å². The van der Waals surface area contributed by atoms with E-state index in [9.17, 15) is 0 Å². The molecule has 1 aliphatic carbocycles. The van der Waals surface area contributed by atoms with Gasteiger partial charge in [0, 0.05) is 5.56 Å². The highest BCUT2D eigenvalue weighted by Gasteiger charge is 2.42. The Bertz CT molecular complexity index is 737. The Balaban J connectivity index is 1.77. The zero-order chi connectivity index (χ0) is 14.6. The summed E-state index contributed by atoms with van der Waals surface area (Å²) in [6.45, 7) is 6.49. The van der Waals surface area contributed by atoms with E-state index in [1.807, 2.05) is 0 Å². The monoisotopic (exact) mass is 277 g/mol. The minimum absolute atomic E-state index is 0.108. The topological polar surface area (TPSA) is 21.6 Å². The molecule has 4 rings (SSSR count). The van der Waals surface area contributed by atoms with Crippen molar-refractivity contribution < 1.29 is 4.84 Å². The van der Waals surface area contributed by atoms with E-state index in [0.717, 1.165) is 12.1 Å². The number of benzene rings is 2. The number of nitrogens with zero attached hydrogens (tertiary/aromatic N) is 1. The van der Waals surface area contributed by atoms with Crippen LogP contribution < -0.4 is 0 Å². The van der Waals surface area contributed by atoms with E-state index in [-0.39, 0.29) is 6.10 Å². The van der Waals surface area contributed by atoms with Crippen LogP contribution in [0.2, 0.25) is 0 Å². The van der Waals surface area contributed by atoms with Crippen molar-refractivity contribution in [1.82, 2.24) is 0 Å². The van der Waals surface area contributed by atoms with Gasteiger partial charge in [-0.1, -0.05) is 47.1 Å². The molecule has 2 nitrogen and oxygen atoms in total. The molecule has 0 N–H and O–H groups in total. The van der Waals surface area contributed by atoms with Gasteiger partial charge in [-0.2, -0.15) is 0 Å². The van der Waals surface area contributed by atoms with E-state index in [0.29, 0.717) is 5.92 Å². The van der Waals surface area contributed by atoms with Gasteiger partial charge in [0.25, 0.3) is 0 Å². The average Bonchev–Trinajstić information content (AvgIpc) is 2.97. The van der Waals surface area contributed by atoms with Crippen LogP contribution in [0, 0.1) is 26.7 Å². The predicted molar refractivity (Wildman–Crippen MR) is 84.7 cm³/mol. The molecule has 2 atom stereocenters. The lowest BCUT2D eigenvalue weighted by molar-refractivity contribution is 0.0697. The minimum Gasteiger partial charge on any atom is -0.387 e. The van der Waals surface area contributed by atoms with Crippen molar-refractivity contribution in [1.29, 1.82) is 0 Å². The average molecular weight is 277 g/mol. The molecule has 21 heavy (non-hydrogen) atoms. The highest BCUT2D eigenvalue weighted by Crippen LogP contribution is 2.45. The van der Waals surface area contributed by atoms with Crippen LogP contribution in [0.1, 0.15) is 39.5 Å². The fourth-order valence-corrected chi connectivity index (χ4v) is 3.93. The quantitative estimate of drug-likeness (QED) is 0.763.